The Bertz CT molecular complexity index is 1340. The van der Waals surface area contributed by atoms with Gasteiger partial charge in [-0.2, -0.15) is 0 Å². The molecule has 0 aromatic rings. The van der Waals surface area contributed by atoms with Crippen LogP contribution in [0.2, 0.25) is 0 Å². The van der Waals surface area contributed by atoms with Gasteiger partial charge in [-0.1, -0.05) is 55.4 Å². The number of esters is 5. The van der Waals surface area contributed by atoms with E-state index in [1.165, 1.54) is 13.8 Å². The van der Waals surface area contributed by atoms with E-state index in [9.17, 15) is 29.1 Å². The minimum absolute atomic E-state index is 0.00140. The molecule has 0 aliphatic heterocycles. The number of ether oxygens (including phenoxy) is 5. The molecule has 0 unspecified atom stereocenters. The summed E-state index contributed by atoms with van der Waals surface area (Å²) in [5, 5.41) is 12.8. The SMILES string of the molecule is CCC(=O)O[C@@H]1[C@@H]2[C@@H](OC(=O)[C@H](C)CC)[C@@]3(COC(=O)C(C)C)[C@@H]([C@@H]4[C@H](C[C@H]3OC(C)=O)C4(C)C)[C@](C)(OC(C)=O)C(=O)[C@@]2(O)C[C@@H]1C. The molecule has 12 atom stereocenters. The fourth-order valence-corrected chi connectivity index (χ4v) is 9.45. The molecule has 4 aliphatic rings. The van der Waals surface area contributed by atoms with Crippen LogP contribution in [0.4, 0.5) is 0 Å². The van der Waals surface area contributed by atoms with Gasteiger partial charge in [0.2, 0.25) is 5.78 Å². The molecule has 0 spiro atoms. The molecule has 4 aliphatic carbocycles. The summed E-state index contributed by atoms with van der Waals surface area (Å²) < 4.78 is 30.7. The van der Waals surface area contributed by atoms with Crippen LogP contribution >= 0.6 is 0 Å². The smallest absolute Gasteiger partial charge is 0.308 e. The molecule has 12 heteroatoms. The van der Waals surface area contributed by atoms with Gasteiger partial charge in [-0.3, -0.25) is 28.8 Å². The maximum absolute atomic E-state index is 15.2. The molecule has 12 nitrogen and oxygen atoms in total. The first-order chi connectivity index (χ1) is 22.1. The topological polar surface area (TPSA) is 169 Å². The standard InChI is InChI=1S/C36H54O12/c1-12-18(5)31(41)47-29-26-27(46-24(39)13-2)19(6)15-36(26,43)32(42)34(11,48-21(8)38)28-25-22(33(25,9)10)14-23(45-20(7)37)35(28,29)16-44-30(40)17(3)4/h17-19,22-23,25-29,43H,12-16H2,1-11H3/t18-,19+,22+,23-,25+,26-,27+,28+,29-,34+,35-,36-/m1/s1. The predicted molar refractivity (Wildman–Crippen MR) is 170 cm³/mol. The Morgan fingerprint density at radius 3 is 2.06 bits per heavy atom. The third-order valence-electron chi connectivity index (χ3n) is 12.0. The molecule has 4 rings (SSSR count). The molecule has 0 radical (unpaired) electrons. The van der Waals surface area contributed by atoms with Crippen LogP contribution < -0.4 is 0 Å². The van der Waals surface area contributed by atoms with Crippen molar-refractivity contribution >= 4 is 35.6 Å². The molecule has 0 saturated heterocycles. The number of carbonyl (C=O) groups excluding carboxylic acids is 6. The lowest BCUT2D eigenvalue weighted by Crippen LogP contribution is -2.66. The van der Waals surface area contributed by atoms with E-state index in [0.29, 0.717) is 6.42 Å². The molecule has 0 aromatic heterocycles. The highest BCUT2D eigenvalue weighted by Crippen LogP contribution is 2.76. The van der Waals surface area contributed by atoms with Crippen LogP contribution in [-0.2, 0) is 52.5 Å². The quantitative estimate of drug-likeness (QED) is 0.261. The predicted octanol–water partition coefficient (Wildman–Crippen LogP) is 3.97. The minimum atomic E-state index is -2.33. The van der Waals surface area contributed by atoms with Gasteiger partial charge in [0.25, 0.3) is 0 Å². The molecular weight excluding hydrogens is 624 g/mol. The zero-order valence-electron chi connectivity index (χ0n) is 30.2. The summed E-state index contributed by atoms with van der Waals surface area (Å²) in [6, 6.07) is 0. The summed E-state index contributed by atoms with van der Waals surface area (Å²) in [6.45, 7) is 17.5. The molecule has 48 heavy (non-hydrogen) atoms. The van der Waals surface area contributed by atoms with E-state index in [2.05, 4.69) is 0 Å². The van der Waals surface area contributed by atoms with Crippen molar-refractivity contribution < 1.29 is 57.6 Å². The lowest BCUT2D eigenvalue weighted by atomic mass is 9.55. The Hall–Kier alpha value is -3.02. The van der Waals surface area contributed by atoms with Crippen LogP contribution in [0, 0.1) is 52.3 Å². The third kappa shape index (κ3) is 5.93. The van der Waals surface area contributed by atoms with Gasteiger partial charge in [0.05, 0.1) is 23.2 Å². The first-order valence-corrected chi connectivity index (χ1v) is 17.4. The highest BCUT2D eigenvalue weighted by atomic mass is 16.6. The van der Waals surface area contributed by atoms with Crippen LogP contribution in [-0.4, -0.2) is 76.9 Å². The highest BCUT2D eigenvalue weighted by molar-refractivity contribution is 5.98. The summed E-state index contributed by atoms with van der Waals surface area (Å²) in [4.78, 5) is 81.2. The molecule has 270 valence electrons. The summed E-state index contributed by atoms with van der Waals surface area (Å²) in [6.07, 6.45) is -3.29. The summed E-state index contributed by atoms with van der Waals surface area (Å²) in [5.74, 6) is -8.90. The zero-order chi connectivity index (χ0) is 36.3. The fourth-order valence-electron chi connectivity index (χ4n) is 9.45. The van der Waals surface area contributed by atoms with E-state index in [0.717, 1.165) is 6.92 Å². The van der Waals surface area contributed by atoms with Crippen LogP contribution in [0.3, 0.4) is 0 Å². The van der Waals surface area contributed by atoms with Crippen molar-refractivity contribution in [2.24, 2.45) is 52.3 Å². The Morgan fingerprint density at radius 1 is 0.917 bits per heavy atom. The van der Waals surface area contributed by atoms with Gasteiger partial charge < -0.3 is 28.8 Å². The van der Waals surface area contributed by atoms with Gasteiger partial charge in [-0.25, -0.2) is 0 Å². The Labute approximate surface area is 283 Å². The summed E-state index contributed by atoms with van der Waals surface area (Å²) >= 11 is 0. The first kappa shape index (κ1) is 37.8. The third-order valence-corrected chi connectivity index (χ3v) is 12.0. The average Bonchev–Trinajstić information content (AvgIpc) is 3.44. The Morgan fingerprint density at radius 2 is 1.54 bits per heavy atom. The van der Waals surface area contributed by atoms with E-state index < -0.39 is 112 Å². The lowest BCUT2D eigenvalue weighted by Gasteiger charge is -2.55. The normalized spacial score (nSPS) is 39.9. The second kappa shape index (κ2) is 13.0. The largest absolute Gasteiger partial charge is 0.465 e. The van der Waals surface area contributed by atoms with Crippen molar-refractivity contribution in [3.63, 3.8) is 0 Å². The number of Topliss-reactive ketones (excluding diaryl/α,β-unsaturated/α-hetero) is 1. The fraction of sp³-hybridized carbons (Fsp3) is 0.833. The monoisotopic (exact) mass is 678 g/mol. The number of hydrogen-bond donors (Lipinski definition) is 1. The van der Waals surface area contributed by atoms with Crippen LogP contribution in [0.1, 0.15) is 102 Å². The van der Waals surface area contributed by atoms with Gasteiger partial charge in [0, 0.05) is 26.2 Å². The number of ketones is 1. The minimum Gasteiger partial charge on any atom is -0.465 e. The lowest BCUT2D eigenvalue weighted by molar-refractivity contribution is -0.241. The van der Waals surface area contributed by atoms with Crippen molar-refractivity contribution in [1.29, 1.82) is 0 Å². The molecule has 0 aromatic carbocycles. The Balaban J connectivity index is 2.17. The van der Waals surface area contributed by atoms with E-state index in [1.807, 2.05) is 20.8 Å². The van der Waals surface area contributed by atoms with Gasteiger partial charge >= 0.3 is 29.8 Å². The first-order valence-electron chi connectivity index (χ1n) is 17.4. The van der Waals surface area contributed by atoms with Crippen molar-refractivity contribution in [2.45, 2.75) is 131 Å². The van der Waals surface area contributed by atoms with E-state index in [4.69, 9.17) is 23.7 Å². The molecular formula is C36H54O12. The maximum Gasteiger partial charge on any atom is 0.308 e. The molecule has 1 N–H and O–H groups in total. The number of rotatable bonds is 10. The van der Waals surface area contributed by atoms with E-state index >= 15 is 4.79 Å². The molecule has 0 heterocycles. The van der Waals surface area contributed by atoms with Crippen LogP contribution in [0.5, 0.6) is 0 Å². The zero-order valence-corrected chi connectivity index (χ0v) is 30.2. The van der Waals surface area contributed by atoms with Gasteiger partial charge in [0.1, 0.15) is 30.5 Å². The highest BCUT2D eigenvalue weighted by Gasteiger charge is 2.84. The number of aliphatic hydroxyl groups is 1. The summed E-state index contributed by atoms with van der Waals surface area (Å²) in [7, 11) is 0. The van der Waals surface area contributed by atoms with Crippen LogP contribution in [0.15, 0.2) is 0 Å². The van der Waals surface area contributed by atoms with Gasteiger partial charge in [-0.15, -0.1) is 0 Å². The molecule has 0 amide bonds. The number of hydrogen-bond acceptors (Lipinski definition) is 12. The number of carbonyl (C=O) groups is 6. The molecule has 0 bridgehead atoms. The van der Waals surface area contributed by atoms with Gasteiger partial charge in [0.15, 0.2) is 5.60 Å². The average molecular weight is 679 g/mol. The van der Waals surface area contributed by atoms with Gasteiger partial charge in [-0.05, 0) is 49.4 Å². The molecule has 4 saturated carbocycles. The van der Waals surface area contributed by atoms with Crippen molar-refractivity contribution in [1.82, 2.24) is 0 Å². The van der Waals surface area contributed by atoms with Crippen molar-refractivity contribution in [3.8, 4) is 0 Å². The van der Waals surface area contributed by atoms with Crippen molar-refractivity contribution in [2.75, 3.05) is 6.61 Å². The molecule has 4 fully saturated rings. The van der Waals surface area contributed by atoms with Crippen LogP contribution in [0.25, 0.3) is 0 Å². The summed E-state index contributed by atoms with van der Waals surface area (Å²) in [5.41, 5.74) is -6.61. The van der Waals surface area contributed by atoms with Crippen molar-refractivity contribution in [3.05, 3.63) is 0 Å². The van der Waals surface area contributed by atoms with E-state index in [-0.39, 0.29) is 31.1 Å². The second-order valence-electron chi connectivity index (χ2n) is 15.8. The van der Waals surface area contributed by atoms with E-state index in [1.54, 1.807) is 34.6 Å². The second-order valence-corrected chi connectivity index (χ2v) is 15.8. The Kier molecular flexibility index (Phi) is 10.3. The maximum atomic E-state index is 15.2. The number of fused-ring (bicyclic) bond motifs is 4.